The van der Waals surface area contributed by atoms with Crippen molar-refractivity contribution in [2.75, 3.05) is 7.11 Å². The van der Waals surface area contributed by atoms with Gasteiger partial charge in [0.15, 0.2) is 0 Å². The van der Waals surface area contributed by atoms with Crippen molar-refractivity contribution in [3.8, 4) is 16.9 Å². The van der Waals surface area contributed by atoms with Gasteiger partial charge in [-0.2, -0.15) is 5.10 Å². The van der Waals surface area contributed by atoms with Crippen molar-refractivity contribution in [1.82, 2.24) is 10.2 Å². The summed E-state index contributed by atoms with van der Waals surface area (Å²) in [5.41, 5.74) is 0.988. The summed E-state index contributed by atoms with van der Waals surface area (Å²) in [7, 11) is 1.56. The number of nitrogens with one attached hydrogen (secondary N) is 1. The molecule has 0 bridgehead atoms. The fraction of sp³-hybridized carbons (Fsp3) is 0.182. The predicted octanol–water partition coefficient (Wildman–Crippen LogP) is 3.63. The molecule has 0 saturated heterocycles. The molecule has 1 heterocycles. The Balaban J connectivity index is 2.48. The first-order valence-corrected chi connectivity index (χ1v) is 5.87. The van der Waals surface area contributed by atoms with Gasteiger partial charge in [-0.1, -0.05) is 12.1 Å². The van der Waals surface area contributed by atoms with Crippen LogP contribution in [0.15, 0.2) is 24.3 Å². The largest absolute Gasteiger partial charge is 0.497 e. The molecule has 1 aromatic carbocycles. The molecule has 1 N–H and O–H groups in total. The zero-order valence-electron chi connectivity index (χ0n) is 8.88. The summed E-state index contributed by atoms with van der Waals surface area (Å²) >= 11 is 1.93. The van der Waals surface area contributed by atoms with Crippen LogP contribution in [0.5, 0.6) is 5.75 Å². The Bertz CT molecular complexity index is 511. The highest BCUT2D eigenvalue weighted by atomic mass is 127. The number of alkyl halides is 2. The molecule has 2 aromatic rings. The Morgan fingerprint density at radius 1 is 1.29 bits per heavy atom. The number of nitrogens with zero attached hydrogens (tertiary/aromatic N) is 1. The maximum Gasteiger partial charge on any atom is 0.280 e. The first kappa shape index (κ1) is 12.3. The minimum Gasteiger partial charge on any atom is -0.497 e. The van der Waals surface area contributed by atoms with Gasteiger partial charge in [-0.3, -0.25) is 5.10 Å². The molecule has 6 heteroatoms. The molecule has 0 spiro atoms. The smallest absolute Gasteiger partial charge is 0.280 e. The first-order valence-electron chi connectivity index (χ1n) is 4.80. The van der Waals surface area contributed by atoms with E-state index in [4.69, 9.17) is 4.74 Å². The lowest BCUT2D eigenvalue weighted by Gasteiger charge is -2.04. The van der Waals surface area contributed by atoms with Crippen molar-refractivity contribution < 1.29 is 13.5 Å². The maximum atomic E-state index is 12.8. The van der Waals surface area contributed by atoms with E-state index in [0.717, 1.165) is 0 Å². The number of aromatic nitrogens is 2. The second-order valence-corrected chi connectivity index (χ2v) is 4.35. The summed E-state index contributed by atoms with van der Waals surface area (Å²) in [5.74, 6) is 0.686. The molecule has 0 aliphatic carbocycles. The number of methoxy groups -OCH3 is 1. The third-order valence-corrected chi connectivity index (χ3v) is 3.13. The molecule has 2 rings (SSSR count). The van der Waals surface area contributed by atoms with Gasteiger partial charge >= 0.3 is 0 Å². The van der Waals surface area contributed by atoms with Crippen molar-refractivity contribution in [2.45, 2.75) is 6.43 Å². The van der Waals surface area contributed by atoms with Crippen LogP contribution in [0.25, 0.3) is 11.1 Å². The van der Waals surface area contributed by atoms with Gasteiger partial charge in [0.05, 0.1) is 7.11 Å². The van der Waals surface area contributed by atoms with E-state index in [0.29, 0.717) is 20.6 Å². The lowest BCUT2D eigenvalue weighted by Crippen LogP contribution is -1.89. The van der Waals surface area contributed by atoms with Crippen LogP contribution >= 0.6 is 22.6 Å². The standard InChI is InChI=1S/C11H9F2IN2O/c1-17-7-4-2-6(3-5-7)8-9(10(12)13)15-16-11(8)14/h2-5,10H,1H3,(H,15,16). The first-order chi connectivity index (χ1) is 8.13. The number of rotatable bonds is 3. The third-order valence-electron chi connectivity index (χ3n) is 2.35. The molecule has 3 nitrogen and oxygen atoms in total. The van der Waals surface area contributed by atoms with E-state index in [1.165, 1.54) is 0 Å². The molecule has 1 aromatic heterocycles. The van der Waals surface area contributed by atoms with Gasteiger partial charge in [-0.05, 0) is 40.3 Å². The number of aromatic amines is 1. The summed E-state index contributed by atoms with van der Waals surface area (Å²) in [6.07, 6.45) is -2.57. The zero-order valence-corrected chi connectivity index (χ0v) is 11.0. The van der Waals surface area contributed by atoms with Crippen molar-refractivity contribution in [1.29, 1.82) is 0 Å². The van der Waals surface area contributed by atoms with Gasteiger partial charge < -0.3 is 4.74 Å². The topological polar surface area (TPSA) is 37.9 Å². The predicted molar refractivity (Wildman–Crippen MR) is 68.2 cm³/mol. The van der Waals surface area contributed by atoms with Crippen LogP contribution in [-0.4, -0.2) is 17.3 Å². The van der Waals surface area contributed by atoms with Gasteiger partial charge in [0, 0.05) is 5.56 Å². The van der Waals surface area contributed by atoms with E-state index in [1.807, 2.05) is 22.6 Å². The number of hydrogen-bond acceptors (Lipinski definition) is 2. The summed E-state index contributed by atoms with van der Waals surface area (Å²) in [6, 6.07) is 6.93. The maximum absolute atomic E-state index is 12.8. The van der Waals surface area contributed by atoms with Crippen LogP contribution in [0.4, 0.5) is 8.78 Å². The Kier molecular flexibility index (Phi) is 3.60. The van der Waals surface area contributed by atoms with Crippen LogP contribution in [0.2, 0.25) is 0 Å². The van der Waals surface area contributed by atoms with Crippen LogP contribution < -0.4 is 4.74 Å². The number of hydrogen-bond donors (Lipinski definition) is 1. The third kappa shape index (κ3) is 2.41. The minimum absolute atomic E-state index is 0.153. The highest BCUT2D eigenvalue weighted by molar-refractivity contribution is 14.1. The monoisotopic (exact) mass is 350 g/mol. The minimum atomic E-state index is -2.57. The number of ether oxygens (including phenoxy) is 1. The Labute approximate surface area is 110 Å². The molecule has 0 atom stereocenters. The van der Waals surface area contributed by atoms with E-state index in [2.05, 4.69) is 10.2 Å². The van der Waals surface area contributed by atoms with Gasteiger partial charge in [0.1, 0.15) is 15.1 Å². The quantitative estimate of drug-likeness (QED) is 0.859. The van der Waals surface area contributed by atoms with E-state index < -0.39 is 6.43 Å². The van der Waals surface area contributed by atoms with Crippen LogP contribution in [-0.2, 0) is 0 Å². The highest BCUT2D eigenvalue weighted by Gasteiger charge is 2.20. The molecule has 0 radical (unpaired) electrons. The average Bonchev–Trinajstić information content (AvgIpc) is 2.71. The summed E-state index contributed by atoms with van der Waals surface area (Å²) < 4.78 is 31.1. The van der Waals surface area contributed by atoms with Crippen LogP contribution in [0.1, 0.15) is 12.1 Å². The average molecular weight is 350 g/mol. The zero-order chi connectivity index (χ0) is 12.4. The van der Waals surface area contributed by atoms with Crippen molar-refractivity contribution in [3.05, 3.63) is 33.7 Å². The molecule has 0 amide bonds. The molecular formula is C11H9F2IN2O. The van der Waals surface area contributed by atoms with E-state index in [9.17, 15) is 8.78 Å². The molecule has 17 heavy (non-hydrogen) atoms. The molecule has 0 fully saturated rings. The van der Waals surface area contributed by atoms with Crippen molar-refractivity contribution in [2.24, 2.45) is 0 Å². The lowest BCUT2D eigenvalue weighted by molar-refractivity contribution is 0.146. The fourth-order valence-corrected chi connectivity index (χ4v) is 2.24. The van der Waals surface area contributed by atoms with Crippen LogP contribution in [0.3, 0.4) is 0 Å². The van der Waals surface area contributed by atoms with E-state index >= 15 is 0 Å². The van der Waals surface area contributed by atoms with Gasteiger partial charge in [-0.15, -0.1) is 0 Å². The SMILES string of the molecule is COc1ccc(-c2c(I)n[nH]c2C(F)F)cc1. The molecule has 0 saturated carbocycles. The Hall–Kier alpha value is -1.18. The van der Waals surface area contributed by atoms with E-state index in [-0.39, 0.29) is 5.69 Å². The molecule has 0 aliphatic rings. The fourth-order valence-electron chi connectivity index (χ4n) is 1.52. The molecule has 0 unspecified atom stereocenters. The second-order valence-electron chi connectivity index (χ2n) is 3.33. The number of H-pyrrole nitrogens is 1. The molecule has 90 valence electrons. The van der Waals surface area contributed by atoms with Gasteiger partial charge in [0.2, 0.25) is 0 Å². The second kappa shape index (κ2) is 4.99. The van der Waals surface area contributed by atoms with Crippen molar-refractivity contribution in [3.63, 3.8) is 0 Å². The Morgan fingerprint density at radius 3 is 2.47 bits per heavy atom. The van der Waals surface area contributed by atoms with Crippen molar-refractivity contribution >= 4 is 22.6 Å². The summed E-state index contributed by atoms with van der Waals surface area (Å²) in [6.45, 7) is 0. The Morgan fingerprint density at radius 2 is 1.94 bits per heavy atom. The normalized spacial score (nSPS) is 10.9. The lowest BCUT2D eigenvalue weighted by atomic mass is 10.1. The summed E-state index contributed by atoms with van der Waals surface area (Å²) in [4.78, 5) is 0. The number of halogens is 3. The van der Waals surface area contributed by atoms with Crippen LogP contribution in [0, 0.1) is 3.70 Å². The van der Waals surface area contributed by atoms with Gasteiger partial charge in [-0.25, -0.2) is 8.78 Å². The summed E-state index contributed by atoms with van der Waals surface area (Å²) in [5, 5.41) is 6.17. The number of benzene rings is 1. The van der Waals surface area contributed by atoms with E-state index in [1.54, 1.807) is 31.4 Å². The highest BCUT2D eigenvalue weighted by Crippen LogP contribution is 2.33. The molecular weight excluding hydrogens is 341 g/mol. The van der Waals surface area contributed by atoms with Gasteiger partial charge in [0.25, 0.3) is 6.43 Å². The molecule has 0 aliphatic heterocycles.